The number of hydrogen-bond donors (Lipinski definition) is 3. The normalized spacial score (nSPS) is 24.9. The number of aromatic nitrogens is 2. The number of aliphatic carboxylic acids is 1. The highest BCUT2D eigenvalue weighted by atomic mass is 16.4. The third-order valence-electron chi connectivity index (χ3n) is 4.59. The lowest BCUT2D eigenvalue weighted by molar-refractivity contribution is -0.163. The molecule has 3 N–H and O–H groups in total. The number of likely N-dealkylation sites (tertiary alicyclic amines) is 1. The van der Waals surface area contributed by atoms with Crippen molar-refractivity contribution in [3.63, 3.8) is 0 Å². The van der Waals surface area contributed by atoms with E-state index < -0.39 is 17.5 Å². The number of piperidine rings is 1. The Morgan fingerprint density at radius 1 is 1.52 bits per heavy atom. The molecule has 1 aromatic heterocycles. The van der Waals surface area contributed by atoms with E-state index in [1.807, 2.05) is 13.8 Å². The van der Waals surface area contributed by atoms with Gasteiger partial charge in [-0.25, -0.2) is 0 Å². The van der Waals surface area contributed by atoms with Crippen molar-refractivity contribution in [1.29, 1.82) is 0 Å². The van der Waals surface area contributed by atoms with Gasteiger partial charge in [-0.2, -0.15) is 5.10 Å². The second kappa shape index (κ2) is 6.70. The van der Waals surface area contributed by atoms with Crippen LogP contribution in [0.25, 0.3) is 0 Å². The molecule has 7 nitrogen and oxygen atoms in total. The average Bonchev–Trinajstić information content (AvgIpc) is 2.92. The highest BCUT2D eigenvalue weighted by Gasteiger charge is 2.50. The molecule has 128 valence electrons. The number of carbonyl (C=O) groups is 2. The van der Waals surface area contributed by atoms with Crippen LogP contribution in [0.4, 0.5) is 0 Å². The molecule has 1 aliphatic rings. The zero-order valence-electron chi connectivity index (χ0n) is 13.9. The Bertz CT molecular complexity index is 584. The molecule has 2 atom stereocenters. The number of nitrogens with one attached hydrogen (secondary N) is 1. The van der Waals surface area contributed by atoms with Crippen molar-refractivity contribution in [3.05, 3.63) is 17.5 Å². The van der Waals surface area contributed by atoms with E-state index in [9.17, 15) is 19.8 Å². The van der Waals surface area contributed by atoms with Crippen LogP contribution in [0, 0.1) is 18.3 Å². The first-order valence-corrected chi connectivity index (χ1v) is 7.99. The molecule has 1 aliphatic heterocycles. The topological polar surface area (TPSA) is 107 Å². The molecule has 0 saturated carbocycles. The number of aliphatic hydroxyl groups is 1. The summed E-state index contributed by atoms with van der Waals surface area (Å²) in [4.78, 5) is 25.9. The van der Waals surface area contributed by atoms with Gasteiger partial charge in [-0.1, -0.05) is 13.8 Å². The number of aryl methyl sites for hydroxylation is 1. The zero-order chi connectivity index (χ0) is 17.2. The SMILES string of the molecule is Cc1cc(C(=O)N2CC[C@@H](O)[C@](CCC(C)C)(C(=O)O)C2)n[nH]1. The van der Waals surface area contributed by atoms with Gasteiger partial charge in [0, 0.05) is 18.8 Å². The van der Waals surface area contributed by atoms with E-state index in [1.165, 1.54) is 4.90 Å². The maximum Gasteiger partial charge on any atom is 0.314 e. The second-order valence-electron chi connectivity index (χ2n) is 6.86. The van der Waals surface area contributed by atoms with Crippen LogP contribution in [0.1, 0.15) is 49.3 Å². The first kappa shape index (κ1) is 17.5. The number of nitrogens with zero attached hydrogens (tertiary/aromatic N) is 2. The van der Waals surface area contributed by atoms with Gasteiger partial charge in [0.1, 0.15) is 11.1 Å². The minimum atomic E-state index is -1.30. The van der Waals surface area contributed by atoms with Crippen molar-refractivity contribution in [1.82, 2.24) is 15.1 Å². The molecule has 0 aliphatic carbocycles. The Kier molecular flexibility index (Phi) is 5.09. The summed E-state index contributed by atoms with van der Waals surface area (Å²) < 4.78 is 0. The maximum absolute atomic E-state index is 12.5. The fourth-order valence-corrected chi connectivity index (χ4v) is 3.05. The van der Waals surface area contributed by atoms with Crippen molar-refractivity contribution < 1.29 is 19.8 Å². The average molecular weight is 323 g/mol. The van der Waals surface area contributed by atoms with Gasteiger partial charge >= 0.3 is 5.97 Å². The highest BCUT2D eigenvalue weighted by molar-refractivity contribution is 5.93. The van der Waals surface area contributed by atoms with Gasteiger partial charge in [0.05, 0.1) is 6.10 Å². The molecule has 1 aromatic rings. The molecule has 2 heterocycles. The van der Waals surface area contributed by atoms with Gasteiger partial charge in [-0.15, -0.1) is 0 Å². The van der Waals surface area contributed by atoms with Crippen LogP contribution in [0.3, 0.4) is 0 Å². The Hall–Kier alpha value is -1.89. The Morgan fingerprint density at radius 3 is 2.74 bits per heavy atom. The third-order valence-corrected chi connectivity index (χ3v) is 4.59. The number of aromatic amines is 1. The Morgan fingerprint density at radius 2 is 2.22 bits per heavy atom. The quantitative estimate of drug-likeness (QED) is 0.760. The van der Waals surface area contributed by atoms with Gasteiger partial charge in [0.25, 0.3) is 5.91 Å². The van der Waals surface area contributed by atoms with E-state index in [0.717, 1.165) is 5.69 Å². The van der Waals surface area contributed by atoms with Crippen LogP contribution in [0.5, 0.6) is 0 Å². The zero-order valence-corrected chi connectivity index (χ0v) is 13.9. The van der Waals surface area contributed by atoms with Crippen LogP contribution >= 0.6 is 0 Å². The summed E-state index contributed by atoms with van der Waals surface area (Å²) in [5.41, 5.74) is -0.250. The number of rotatable bonds is 5. The van der Waals surface area contributed by atoms with E-state index in [1.54, 1.807) is 13.0 Å². The van der Waals surface area contributed by atoms with E-state index >= 15 is 0 Å². The number of carboxylic acids is 1. The molecule has 7 heteroatoms. The summed E-state index contributed by atoms with van der Waals surface area (Å²) in [5, 5.41) is 26.7. The molecule has 0 aromatic carbocycles. The van der Waals surface area contributed by atoms with Crippen LogP contribution in [-0.2, 0) is 4.79 Å². The minimum absolute atomic E-state index is 0.0148. The van der Waals surface area contributed by atoms with Crippen LogP contribution in [0.2, 0.25) is 0 Å². The summed E-state index contributed by atoms with van der Waals surface area (Å²) >= 11 is 0. The van der Waals surface area contributed by atoms with Crippen molar-refractivity contribution in [2.45, 2.75) is 46.1 Å². The lowest BCUT2D eigenvalue weighted by Crippen LogP contribution is -2.57. The smallest absolute Gasteiger partial charge is 0.314 e. The van der Waals surface area contributed by atoms with E-state index in [0.29, 0.717) is 25.3 Å². The molecule has 1 fully saturated rings. The lowest BCUT2D eigenvalue weighted by atomic mass is 9.72. The van der Waals surface area contributed by atoms with Crippen molar-refractivity contribution in [2.24, 2.45) is 11.3 Å². The van der Waals surface area contributed by atoms with Gasteiger partial charge in [-0.3, -0.25) is 14.7 Å². The van der Waals surface area contributed by atoms with Crippen molar-refractivity contribution in [2.75, 3.05) is 13.1 Å². The summed E-state index contributed by atoms with van der Waals surface area (Å²) in [6, 6.07) is 1.64. The molecule has 0 radical (unpaired) electrons. The van der Waals surface area contributed by atoms with E-state index in [2.05, 4.69) is 10.2 Å². The standard InChI is InChI=1S/C16H25N3O4/c1-10(2)4-6-16(15(22)23)9-19(7-5-13(16)20)14(21)12-8-11(3)17-18-12/h8,10,13,20H,4-7,9H2,1-3H3,(H,17,18)(H,22,23)/t13-,16-/m1/s1. The largest absolute Gasteiger partial charge is 0.481 e. The van der Waals surface area contributed by atoms with E-state index in [-0.39, 0.29) is 24.6 Å². The summed E-state index contributed by atoms with van der Waals surface area (Å²) in [6.07, 6.45) is 0.362. The van der Waals surface area contributed by atoms with Crippen LogP contribution in [-0.4, -0.2) is 56.4 Å². The highest BCUT2D eigenvalue weighted by Crippen LogP contribution is 2.37. The number of hydrogen-bond acceptors (Lipinski definition) is 4. The molecule has 0 spiro atoms. The summed E-state index contributed by atoms with van der Waals surface area (Å²) in [5.74, 6) is -1.00. The molecular weight excluding hydrogens is 298 g/mol. The molecule has 2 rings (SSSR count). The molecule has 0 unspecified atom stereocenters. The fraction of sp³-hybridized carbons (Fsp3) is 0.688. The predicted molar refractivity (Wildman–Crippen MR) is 84.0 cm³/mol. The number of amides is 1. The first-order chi connectivity index (χ1) is 10.8. The lowest BCUT2D eigenvalue weighted by Gasteiger charge is -2.43. The molecule has 0 bridgehead atoms. The second-order valence-corrected chi connectivity index (χ2v) is 6.86. The van der Waals surface area contributed by atoms with Crippen LogP contribution in [0.15, 0.2) is 6.07 Å². The van der Waals surface area contributed by atoms with Gasteiger partial charge in [-0.05, 0) is 38.2 Å². The fourth-order valence-electron chi connectivity index (χ4n) is 3.05. The third kappa shape index (κ3) is 3.55. The van der Waals surface area contributed by atoms with Gasteiger partial charge in [0.15, 0.2) is 0 Å². The number of H-pyrrole nitrogens is 1. The molecule has 23 heavy (non-hydrogen) atoms. The monoisotopic (exact) mass is 323 g/mol. The predicted octanol–water partition coefficient (Wildman–Crippen LogP) is 1.43. The summed E-state index contributed by atoms with van der Waals surface area (Å²) in [7, 11) is 0. The molecule has 1 saturated heterocycles. The van der Waals surface area contributed by atoms with Crippen LogP contribution < -0.4 is 0 Å². The van der Waals surface area contributed by atoms with E-state index in [4.69, 9.17) is 0 Å². The Labute approximate surface area is 135 Å². The summed E-state index contributed by atoms with van der Waals surface area (Å²) in [6.45, 7) is 6.18. The first-order valence-electron chi connectivity index (χ1n) is 7.99. The number of carboxylic acid groups (broad SMARTS) is 1. The van der Waals surface area contributed by atoms with Crippen molar-refractivity contribution >= 4 is 11.9 Å². The van der Waals surface area contributed by atoms with Gasteiger partial charge < -0.3 is 15.1 Å². The van der Waals surface area contributed by atoms with Crippen molar-refractivity contribution in [3.8, 4) is 0 Å². The number of aliphatic hydroxyl groups excluding tert-OH is 1. The molecule has 1 amide bonds. The Balaban J connectivity index is 2.21. The molecular formula is C16H25N3O4. The number of carbonyl (C=O) groups excluding carboxylic acids is 1. The van der Waals surface area contributed by atoms with Gasteiger partial charge in [0.2, 0.25) is 0 Å². The minimum Gasteiger partial charge on any atom is -0.481 e. The maximum atomic E-state index is 12.5.